The summed E-state index contributed by atoms with van der Waals surface area (Å²) in [6, 6.07) is 20.3. The Morgan fingerprint density at radius 2 is 1.58 bits per heavy atom. The molecule has 0 spiro atoms. The van der Waals surface area contributed by atoms with Gasteiger partial charge in [-0.05, 0) is 92.8 Å². The third-order valence-corrected chi connectivity index (χ3v) is 13.2. The number of benzene rings is 3. The molecule has 0 aromatic heterocycles. The SMILES string of the molecule is CCCCC[N+]1=C(/C=C/C2=C(Oc3ccc(CCOC=O)cc3)C(=C/C=C3/N(CCCCS(=O)(=O)O)c4ccc(S(=O)(=O)O)cc4C3(C)C)/OCCO2)C(C)(C)c2ccccc21. The largest absolute Gasteiger partial charge is 0.486 e. The Labute approximate surface area is 365 Å². The summed E-state index contributed by atoms with van der Waals surface area (Å²) in [6.07, 6.45) is 12.1. The van der Waals surface area contributed by atoms with Gasteiger partial charge in [-0.25, -0.2) is 0 Å². The lowest BCUT2D eigenvalue weighted by atomic mass is 9.81. The van der Waals surface area contributed by atoms with Crippen LogP contribution in [0.25, 0.3) is 0 Å². The molecule has 0 amide bonds. The minimum absolute atomic E-state index is 0.194. The molecule has 0 unspecified atom stereocenters. The lowest BCUT2D eigenvalue weighted by Crippen LogP contribution is -2.28. The van der Waals surface area contributed by atoms with Gasteiger partial charge in [0.15, 0.2) is 17.2 Å². The number of rotatable bonds is 19. The predicted molar refractivity (Wildman–Crippen MR) is 238 cm³/mol. The second-order valence-electron chi connectivity index (χ2n) is 16.6. The van der Waals surface area contributed by atoms with Gasteiger partial charge in [0.05, 0.1) is 22.7 Å². The molecule has 3 aromatic rings. The second kappa shape index (κ2) is 19.4. The van der Waals surface area contributed by atoms with Gasteiger partial charge in [0, 0.05) is 53.9 Å². The van der Waals surface area contributed by atoms with Gasteiger partial charge >= 0.3 is 0 Å². The van der Waals surface area contributed by atoms with Crippen molar-refractivity contribution in [1.29, 1.82) is 0 Å². The summed E-state index contributed by atoms with van der Waals surface area (Å²) in [4.78, 5) is 12.4. The molecule has 0 saturated carbocycles. The lowest BCUT2D eigenvalue weighted by molar-refractivity contribution is -0.438. The maximum absolute atomic E-state index is 12.2. The Morgan fingerprint density at radius 3 is 2.29 bits per heavy atom. The molecule has 2 N–H and O–H groups in total. The molecule has 0 saturated heterocycles. The summed E-state index contributed by atoms with van der Waals surface area (Å²) in [7, 11) is -8.67. The van der Waals surface area contributed by atoms with E-state index in [9.17, 15) is 30.7 Å². The van der Waals surface area contributed by atoms with Crippen LogP contribution in [0, 0.1) is 0 Å². The molecule has 0 bridgehead atoms. The second-order valence-corrected chi connectivity index (χ2v) is 19.6. The Bertz CT molecular complexity index is 2520. The smallest absolute Gasteiger partial charge is 0.294 e. The Kier molecular flexibility index (Phi) is 14.5. The van der Waals surface area contributed by atoms with Crippen molar-refractivity contribution in [2.24, 2.45) is 0 Å². The first kappa shape index (κ1) is 46.3. The van der Waals surface area contributed by atoms with Crippen LogP contribution in [0.5, 0.6) is 5.75 Å². The summed E-state index contributed by atoms with van der Waals surface area (Å²) in [5.41, 5.74) is 5.46. The molecule has 3 aliphatic heterocycles. The zero-order chi connectivity index (χ0) is 44.7. The van der Waals surface area contributed by atoms with Crippen LogP contribution < -0.4 is 9.64 Å². The molecule has 3 aliphatic rings. The molecule has 0 atom stereocenters. The molecule has 3 heterocycles. The van der Waals surface area contributed by atoms with Crippen molar-refractivity contribution in [2.75, 3.05) is 43.6 Å². The first-order chi connectivity index (χ1) is 29.5. The van der Waals surface area contributed by atoms with Crippen molar-refractivity contribution >= 4 is 43.8 Å². The highest BCUT2D eigenvalue weighted by Crippen LogP contribution is 2.49. The normalized spacial score (nSPS) is 18.5. The number of fused-ring (bicyclic) bond motifs is 2. The van der Waals surface area contributed by atoms with Crippen molar-refractivity contribution in [1.82, 2.24) is 0 Å². The van der Waals surface area contributed by atoms with Crippen LogP contribution in [0.4, 0.5) is 11.4 Å². The first-order valence-corrected chi connectivity index (χ1v) is 24.0. The monoisotopic (exact) mass is 889 g/mol. The molecule has 13 nitrogen and oxygen atoms in total. The Morgan fingerprint density at radius 1 is 0.839 bits per heavy atom. The van der Waals surface area contributed by atoms with E-state index < -0.39 is 31.4 Å². The van der Waals surface area contributed by atoms with Crippen molar-refractivity contribution < 1.29 is 54.3 Å². The van der Waals surface area contributed by atoms with Crippen molar-refractivity contribution in [3.63, 3.8) is 0 Å². The highest BCUT2D eigenvalue weighted by atomic mass is 32.2. The molecule has 15 heteroatoms. The maximum Gasteiger partial charge on any atom is 0.294 e. The number of ether oxygens (including phenoxy) is 4. The predicted octanol–water partition coefficient (Wildman–Crippen LogP) is 8.34. The lowest BCUT2D eigenvalue weighted by Gasteiger charge is -2.27. The number of allylic oxidation sites excluding steroid dienone is 5. The van der Waals surface area contributed by atoms with Crippen LogP contribution in [-0.2, 0) is 56.5 Å². The number of para-hydroxylation sites is 1. The van der Waals surface area contributed by atoms with Gasteiger partial charge in [0.2, 0.25) is 11.4 Å². The Balaban J connectivity index is 1.46. The van der Waals surface area contributed by atoms with Crippen molar-refractivity contribution in [2.45, 2.75) is 88.9 Å². The van der Waals surface area contributed by atoms with E-state index in [1.807, 2.05) is 55.2 Å². The van der Waals surface area contributed by atoms with Gasteiger partial charge < -0.3 is 23.8 Å². The van der Waals surface area contributed by atoms with E-state index in [1.54, 1.807) is 12.1 Å². The van der Waals surface area contributed by atoms with Crippen LogP contribution in [0.2, 0.25) is 0 Å². The number of carbonyl (C=O) groups excluding carboxylic acids is 1. The van der Waals surface area contributed by atoms with Crippen LogP contribution in [0.1, 0.15) is 83.4 Å². The highest BCUT2D eigenvalue weighted by molar-refractivity contribution is 7.86. The molecule has 62 heavy (non-hydrogen) atoms. The van der Waals surface area contributed by atoms with Crippen LogP contribution in [0.15, 0.2) is 119 Å². The van der Waals surface area contributed by atoms with E-state index in [0.717, 1.165) is 42.8 Å². The Hall–Kier alpha value is -5.22. The van der Waals surface area contributed by atoms with Gasteiger partial charge in [-0.15, -0.1) is 0 Å². The van der Waals surface area contributed by atoms with Gasteiger partial charge in [-0.2, -0.15) is 21.4 Å². The highest BCUT2D eigenvalue weighted by Gasteiger charge is 2.44. The third kappa shape index (κ3) is 10.7. The minimum Gasteiger partial charge on any atom is -0.486 e. The van der Waals surface area contributed by atoms with Gasteiger partial charge in [0.1, 0.15) is 25.5 Å². The molecule has 0 aliphatic carbocycles. The number of carbonyl (C=O) groups is 1. The third-order valence-electron chi connectivity index (χ3n) is 11.5. The van der Waals surface area contributed by atoms with Crippen LogP contribution >= 0.6 is 0 Å². The van der Waals surface area contributed by atoms with Crippen molar-refractivity contribution in [3.05, 3.63) is 131 Å². The van der Waals surface area contributed by atoms with Gasteiger partial charge in [0.25, 0.3) is 26.7 Å². The summed E-state index contributed by atoms with van der Waals surface area (Å²) in [6.45, 7) is 12.8. The maximum atomic E-state index is 12.2. The first-order valence-electron chi connectivity index (χ1n) is 21.0. The zero-order valence-electron chi connectivity index (χ0n) is 36.0. The summed E-state index contributed by atoms with van der Waals surface area (Å²) >= 11 is 0. The van der Waals surface area contributed by atoms with E-state index in [4.69, 9.17) is 18.9 Å². The number of unbranched alkanes of at least 4 members (excludes halogenated alkanes) is 3. The number of hydrogen-bond acceptors (Lipinski definition) is 10. The van der Waals surface area contributed by atoms with Crippen LogP contribution in [0.3, 0.4) is 0 Å². The average molecular weight is 890 g/mol. The molecule has 0 fully saturated rings. The topological polar surface area (TPSA) is 169 Å². The number of nitrogens with zero attached hydrogens (tertiary/aromatic N) is 2. The molecular formula is C47H57N2O11S2+. The fraction of sp³-hybridized carbons (Fsp3) is 0.404. The molecule has 332 valence electrons. The summed E-state index contributed by atoms with van der Waals surface area (Å²) in [5, 5.41) is 0. The van der Waals surface area contributed by atoms with Crippen molar-refractivity contribution in [3.8, 4) is 5.75 Å². The summed E-state index contributed by atoms with van der Waals surface area (Å²) < 4.78 is 93.6. The van der Waals surface area contributed by atoms with E-state index in [-0.39, 0.29) is 36.6 Å². The molecular weight excluding hydrogens is 833 g/mol. The molecule has 3 aromatic carbocycles. The van der Waals surface area contributed by atoms with E-state index in [0.29, 0.717) is 60.1 Å². The fourth-order valence-corrected chi connectivity index (χ4v) is 9.37. The van der Waals surface area contributed by atoms with Gasteiger partial charge in [-0.1, -0.05) is 57.5 Å². The van der Waals surface area contributed by atoms with Gasteiger partial charge in [-0.3, -0.25) is 13.9 Å². The zero-order valence-corrected chi connectivity index (χ0v) is 37.6. The average Bonchev–Trinajstić information content (AvgIpc) is 3.45. The van der Waals surface area contributed by atoms with E-state index in [1.165, 1.54) is 23.4 Å². The molecule has 6 rings (SSSR count). The fourth-order valence-electron chi connectivity index (χ4n) is 8.29. The van der Waals surface area contributed by atoms with E-state index in [2.05, 4.69) is 55.7 Å². The minimum atomic E-state index is -4.51. The number of hydrogen-bond donors (Lipinski definition) is 2. The standard InChI is InChI=1S/C47H56N2O11S2/c1-6-7-10-26-48-39-14-9-8-13-37(39)46(2,3)43(48)23-21-41-45(60-35-17-15-34(16-18-35)25-28-57-33-50)42(59-30-29-58-41)22-24-44-47(4,5)38-32-36(62(54,55)56)19-20-40(38)49(44)27-11-12-31-61(51,52)53/h8-9,13-24,32-33H,6-7,10-12,25-31H2,1-5H3,(H-,51,52,53,54,55,56)/p+1. The van der Waals surface area contributed by atoms with Crippen LogP contribution in [-0.4, -0.2) is 81.4 Å². The van der Waals surface area contributed by atoms with E-state index >= 15 is 0 Å². The molecule has 0 radical (unpaired) electrons. The summed E-state index contributed by atoms with van der Waals surface area (Å²) in [5.74, 6) is 1.24. The quantitative estimate of drug-likeness (QED) is 0.0512. The number of anilines is 1.